The van der Waals surface area contributed by atoms with Crippen LogP contribution in [0.4, 0.5) is 0 Å². The molecule has 2 N–H and O–H groups in total. The monoisotopic (exact) mass is 216 g/mol. The highest BCUT2D eigenvalue weighted by Crippen LogP contribution is 2.26. The van der Waals surface area contributed by atoms with E-state index < -0.39 is 0 Å². The zero-order valence-electron chi connectivity index (χ0n) is 9.66. The highest BCUT2D eigenvalue weighted by Gasteiger charge is 2.06. The summed E-state index contributed by atoms with van der Waals surface area (Å²) in [6.45, 7) is 5.14. The number of aromatic nitrogens is 1. The molecule has 0 aliphatic heterocycles. The fourth-order valence-electron chi connectivity index (χ4n) is 1.84. The molecule has 3 heteroatoms. The average Bonchev–Trinajstić information content (AvgIpc) is 2.30. The molecule has 0 fully saturated rings. The normalized spacial score (nSPS) is 10.7. The molecule has 0 saturated heterocycles. The molecule has 2 rings (SSSR count). The van der Waals surface area contributed by atoms with Crippen LogP contribution in [-0.2, 0) is 6.54 Å². The van der Waals surface area contributed by atoms with Gasteiger partial charge in [0.15, 0.2) is 0 Å². The lowest BCUT2D eigenvalue weighted by Crippen LogP contribution is -2.02. The van der Waals surface area contributed by atoms with Gasteiger partial charge in [0.2, 0.25) is 0 Å². The van der Waals surface area contributed by atoms with Gasteiger partial charge < -0.3 is 10.5 Å². The Morgan fingerprint density at radius 3 is 2.88 bits per heavy atom. The lowest BCUT2D eigenvalue weighted by atomic mass is 10.1. The summed E-state index contributed by atoms with van der Waals surface area (Å²) in [7, 11) is 0. The van der Waals surface area contributed by atoms with Crippen LogP contribution in [0.1, 0.15) is 18.2 Å². The minimum Gasteiger partial charge on any atom is -0.492 e. The molecule has 0 radical (unpaired) electrons. The minimum atomic E-state index is 0.456. The minimum absolute atomic E-state index is 0.456. The molecular formula is C13H16N2O. The van der Waals surface area contributed by atoms with Crippen molar-refractivity contribution in [2.75, 3.05) is 6.61 Å². The number of para-hydroxylation sites is 1. The standard InChI is InChI=1S/C13H16N2O/c1-3-16-12-6-4-5-11-9(2)7-10(8-14)15-13(11)12/h4-7H,3,8,14H2,1-2H3. The van der Waals surface area contributed by atoms with E-state index in [0.717, 1.165) is 22.3 Å². The molecule has 0 saturated carbocycles. The number of hydrogen-bond donors (Lipinski definition) is 1. The predicted molar refractivity (Wildman–Crippen MR) is 65.5 cm³/mol. The number of aryl methyl sites for hydroxylation is 1. The van der Waals surface area contributed by atoms with E-state index in [2.05, 4.69) is 18.0 Å². The van der Waals surface area contributed by atoms with E-state index in [1.54, 1.807) is 0 Å². The van der Waals surface area contributed by atoms with Gasteiger partial charge in [-0.15, -0.1) is 0 Å². The highest BCUT2D eigenvalue weighted by atomic mass is 16.5. The molecule has 0 amide bonds. The van der Waals surface area contributed by atoms with Crippen molar-refractivity contribution in [2.24, 2.45) is 5.73 Å². The van der Waals surface area contributed by atoms with Crippen LogP contribution in [-0.4, -0.2) is 11.6 Å². The van der Waals surface area contributed by atoms with Crippen molar-refractivity contribution in [2.45, 2.75) is 20.4 Å². The van der Waals surface area contributed by atoms with Gasteiger partial charge in [-0.2, -0.15) is 0 Å². The number of benzene rings is 1. The largest absolute Gasteiger partial charge is 0.492 e. The second-order valence-corrected chi connectivity index (χ2v) is 3.72. The predicted octanol–water partition coefficient (Wildman–Crippen LogP) is 2.40. The van der Waals surface area contributed by atoms with E-state index in [9.17, 15) is 0 Å². The van der Waals surface area contributed by atoms with Gasteiger partial charge in [0.25, 0.3) is 0 Å². The van der Waals surface area contributed by atoms with Crippen molar-refractivity contribution in [3.05, 3.63) is 35.5 Å². The maximum absolute atomic E-state index is 5.63. The second-order valence-electron chi connectivity index (χ2n) is 3.72. The van der Waals surface area contributed by atoms with Crippen LogP contribution in [0.5, 0.6) is 5.75 Å². The van der Waals surface area contributed by atoms with Crippen LogP contribution in [0.15, 0.2) is 24.3 Å². The molecule has 0 unspecified atom stereocenters. The first-order valence-electron chi connectivity index (χ1n) is 5.48. The van der Waals surface area contributed by atoms with Crippen LogP contribution in [0.2, 0.25) is 0 Å². The van der Waals surface area contributed by atoms with Crippen LogP contribution >= 0.6 is 0 Å². The molecule has 1 aromatic carbocycles. The van der Waals surface area contributed by atoms with E-state index in [4.69, 9.17) is 10.5 Å². The first kappa shape index (κ1) is 10.9. The van der Waals surface area contributed by atoms with Crippen LogP contribution in [0.25, 0.3) is 10.9 Å². The topological polar surface area (TPSA) is 48.1 Å². The van der Waals surface area contributed by atoms with Crippen molar-refractivity contribution in [3.63, 3.8) is 0 Å². The number of pyridine rings is 1. The molecule has 1 heterocycles. The Labute approximate surface area is 95.2 Å². The summed E-state index contributed by atoms with van der Waals surface area (Å²) in [6.07, 6.45) is 0. The van der Waals surface area contributed by atoms with E-state index in [1.807, 2.05) is 25.1 Å². The quantitative estimate of drug-likeness (QED) is 0.857. The Morgan fingerprint density at radius 2 is 2.19 bits per heavy atom. The van der Waals surface area contributed by atoms with Gasteiger partial charge in [-0.3, -0.25) is 0 Å². The van der Waals surface area contributed by atoms with Gasteiger partial charge in [-0.05, 0) is 31.5 Å². The van der Waals surface area contributed by atoms with E-state index in [-0.39, 0.29) is 0 Å². The van der Waals surface area contributed by atoms with E-state index >= 15 is 0 Å². The van der Waals surface area contributed by atoms with Crippen molar-refractivity contribution in [3.8, 4) is 5.75 Å². The molecule has 3 nitrogen and oxygen atoms in total. The molecule has 0 spiro atoms. The third kappa shape index (κ3) is 1.86. The van der Waals surface area contributed by atoms with Crippen molar-refractivity contribution in [1.82, 2.24) is 4.98 Å². The summed E-state index contributed by atoms with van der Waals surface area (Å²) in [5.41, 5.74) is 8.62. The smallest absolute Gasteiger partial charge is 0.145 e. The molecule has 0 atom stereocenters. The summed E-state index contributed by atoms with van der Waals surface area (Å²) in [6, 6.07) is 8.02. The Balaban J connectivity index is 2.69. The van der Waals surface area contributed by atoms with Gasteiger partial charge >= 0.3 is 0 Å². The third-order valence-electron chi connectivity index (χ3n) is 2.57. The number of ether oxygens (including phenoxy) is 1. The van der Waals surface area contributed by atoms with Gasteiger partial charge in [0.05, 0.1) is 12.3 Å². The SMILES string of the molecule is CCOc1cccc2c(C)cc(CN)nc12. The molecule has 0 aliphatic rings. The Bertz CT molecular complexity index is 509. The molecular weight excluding hydrogens is 200 g/mol. The maximum Gasteiger partial charge on any atom is 0.145 e. The molecule has 0 bridgehead atoms. The molecule has 16 heavy (non-hydrogen) atoms. The summed E-state index contributed by atoms with van der Waals surface area (Å²) >= 11 is 0. The zero-order chi connectivity index (χ0) is 11.5. The highest BCUT2D eigenvalue weighted by molar-refractivity contribution is 5.87. The van der Waals surface area contributed by atoms with Gasteiger partial charge in [-0.1, -0.05) is 12.1 Å². The summed E-state index contributed by atoms with van der Waals surface area (Å²) in [5.74, 6) is 0.832. The molecule has 84 valence electrons. The number of rotatable bonds is 3. The van der Waals surface area contributed by atoms with E-state index in [1.165, 1.54) is 5.56 Å². The first-order chi connectivity index (χ1) is 7.76. The summed E-state index contributed by atoms with van der Waals surface area (Å²) < 4.78 is 5.57. The Kier molecular flexibility index (Phi) is 3.06. The third-order valence-corrected chi connectivity index (χ3v) is 2.57. The summed E-state index contributed by atoms with van der Waals surface area (Å²) in [5, 5.41) is 1.13. The summed E-state index contributed by atoms with van der Waals surface area (Å²) in [4.78, 5) is 4.52. The van der Waals surface area contributed by atoms with Crippen molar-refractivity contribution in [1.29, 1.82) is 0 Å². The van der Waals surface area contributed by atoms with E-state index in [0.29, 0.717) is 13.2 Å². The number of nitrogens with two attached hydrogens (primary N) is 1. The number of fused-ring (bicyclic) bond motifs is 1. The Morgan fingerprint density at radius 1 is 1.38 bits per heavy atom. The lowest BCUT2D eigenvalue weighted by molar-refractivity contribution is 0.343. The van der Waals surface area contributed by atoms with Gasteiger partial charge in [-0.25, -0.2) is 4.98 Å². The molecule has 0 aliphatic carbocycles. The molecule has 1 aromatic heterocycles. The fraction of sp³-hybridized carbons (Fsp3) is 0.308. The van der Waals surface area contributed by atoms with Crippen molar-refractivity contribution < 1.29 is 4.74 Å². The molecule has 2 aromatic rings. The van der Waals surface area contributed by atoms with Crippen molar-refractivity contribution >= 4 is 10.9 Å². The number of nitrogens with zero attached hydrogens (tertiary/aromatic N) is 1. The average molecular weight is 216 g/mol. The van der Waals surface area contributed by atoms with Crippen LogP contribution in [0, 0.1) is 6.92 Å². The zero-order valence-corrected chi connectivity index (χ0v) is 9.66. The van der Waals surface area contributed by atoms with Gasteiger partial charge in [0, 0.05) is 11.9 Å². The number of hydrogen-bond acceptors (Lipinski definition) is 3. The first-order valence-corrected chi connectivity index (χ1v) is 5.48. The second kappa shape index (κ2) is 4.49. The van der Waals surface area contributed by atoms with Crippen LogP contribution in [0.3, 0.4) is 0 Å². The fourth-order valence-corrected chi connectivity index (χ4v) is 1.84. The lowest BCUT2D eigenvalue weighted by Gasteiger charge is -2.09. The Hall–Kier alpha value is -1.61. The maximum atomic E-state index is 5.63. The van der Waals surface area contributed by atoms with Crippen LogP contribution < -0.4 is 10.5 Å². The van der Waals surface area contributed by atoms with Gasteiger partial charge in [0.1, 0.15) is 11.3 Å².